The van der Waals surface area contributed by atoms with E-state index in [1.807, 2.05) is 70.9 Å². The van der Waals surface area contributed by atoms with Crippen LogP contribution in [0.2, 0.25) is 0 Å². The van der Waals surface area contributed by atoms with E-state index < -0.39 is 5.60 Å². The quantitative estimate of drug-likeness (QED) is 0.629. The summed E-state index contributed by atoms with van der Waals surface area (Å²) >= 11 is 1.59. The molecule has 3 unspecified atom stereocenters. The molecule has 2 heterocycles. The van der Waals surface area contributed by atoms with E-state index in [0.29, 0.717) is 19.4 Å². The summed E-state index contributed by atoms with van der Waals surface area (Å²) in [5, 5.41) is 14.7. The molecule has 1 amide bonds. The number of thiazole rings is 1. The first-order valence-corrected chi connectivity index (χ1v) is 12.1. The number of fused-ring (bicyclic) bond motifs is 1. The second-order valence-corrected chi connectivity index (χ2v) is 9.63. The zero-order valence-electron chi connectivity index (χ0n) is 17.6. The van der Waals surface area contributed by atoms with Gasteiger partial charge in [0.05, 0.1) is 17.7 Å². The number of carbonyl (C=O) groups excluding carboxylic acids is 1. The highest BCUT2D eigenvalue weighted by Crippen LogP contribution is 2.47. The first kappa shape index (κ1) is 20.4. The summed E-state index contributed by atoms with van der Waals surface area (Å²) in [4.78, 5) is 20.1. The van der Waals surface area contributed by atoms with E-state index in [2.05, 4.69) is 0 Å². The maximum absolute atomic E-state index is 13.3. The Hall–Kier alpha value is -2.50. The standard InChI is InChI=1S/C26H28N2O2S/c29-24(17-21-18-31-25(27-21)19-9-3-1-4-10-19)28-16-15-26(30,20-11-5-2-6-12-20)22-13-7-8-14-23(22)28/h1-6,9-12,18,22-23,30H,7-8,13-17H2. The van der Waals surface area contributed by atoms with Crippen LogP contribution in [0.4, 0.5) is 0 Å². The monoisotopic (exact) mass is 432 g/mol. The molecule has 2 fully saturated rings. The maximum atomic E-state index is 13.3. The zero-order chi connectivity index (χ0) is 21.3. The number of aromatic nitrogens is 1. The van der Waals surface area contributed by atoms with Gasteiger partial charge in [-0.3, -0.25) is 4.79 Å². The van der Waals surface area contributed by atoms with E-state index in [1.54, 1.807) is 11.3 Å². The molecule has 3 aromatic rings. The lowest BCUT2D eigenvalue weighted by molar-refractivity contribution is -0.154. The summed E-state index contributed by atoms with van der Waals surface area (Å²) in [7, 11) is 0. The Morgan fingerprint density at radius 2 is 1.77 bits per heavy atom. The summed E-state index contributed by atoms with van der Waals surface area (Å²) in [6.07, 6.45) is 5.09. The molecule has 1 aliphatic carbocycles. The molecular formula is C26H28N2O2S. The van der Waals surface area contributed by atoms with Crippen LogP contribution in [-0.2, 0) is 16.8 Å². The number of carbonyl (C=O) groups is 1. The number of amides is 1. The van der Waals surface area contributed by atoms with E-state index in [1.165, 1.54) is 0 Å². The molecular weight excluding hydrogens is 404 g/mol. The molecule has 31 heavy (non-hydrogen) atoms. The summed E-state index contributed by atoms with van der Waals surface area (Å²) in [5.41, 5.74) is 2.07. The molecule has 4 nitrogen and oxygen atoms in total. The number of benzene rings is 2. The average molecular weight is 433 g/mol. The Labute approximate surface area is 187 Å². The molecule has 1 N–H and O–H groups in total. The van der Waals surface area contributed by atoms with E-state index in [-0.39, 0.29) is 17.9 Å². The maximum Gasteiger partial charge on any atom is 0.228 e. The fourth-order valence-electron chi connectivity index (χ4n) is 5.44. The first-order chi connectivity index (χ1) is 15.1. The highest BCUT2D eigenvalue weighted by Gasteiger charge is 2.50. The molecule has 3 atom stereocenters. The van der Waals surface area contributed by atoms with Crippen molar-refractivity contribution in [2.45, 2.75) is 50.2 Å². The lowest BCUT2D eigenvalue weighted by atomic mass is 9.66. The predicted octanol–water partition coefficient (Wildman–Crippen LogP) is 5.03. The van der Waals surface area contributed by atoms with Crippen molar-refractivity contribution in [2.75, 3.05) is 6.54 Å². The molecule has 0 bridgehead atoms. The molecule has 1 saturated heterocycles. The summed E-state index contributed by atoms with van der Waals surface area (Å²) in [6, 6.07) is 20.2. The smallest absolute Gasteiger partial charge is 0.228 e. The Kier molecular flexibility index (Phi) is 5.63. The molecule has 5 heteroatoms. The normalized spacial score (nSPS) is 25.8. The van der Waals surface area contributed by atoms with Crippen LogP contribution >= 0.6 is 11.3 Å². The lowest BCUT2D eigenvalue weighted by Gasteiger charge is -2.52. The van der Waals surface area contributed by atoms with Gasteiger partial charge in [-0.05, 0) is 24.8 Å². The van der Waals surface area contributed by atoms with E-state index in [4.69, 9.17) is 4.98 Å². The van der Waals surface area contributed by atoms with Gasteiger partial charge in [0, 0.05) is 29.4 Å². The SMILES string of the molecule is O=C(Cc1csc(-c2ccccc2)n1)N1CCC(O)(c2ccccc2)C2CCCCC21. The Balaban J connectivity index is 1.34. The van der Waals surface area contributed by atoms with Crippen molar-refractivity contribution in [3.8, 4) is 10.6 Å². The van der Waals surface area contributed by atoms with Gasteiger partial charge in [0.2, 0.25) is 5.91 Å². The van der Waals surface area contributed by atoms with Crippen LogP contribution in [0.1, 0.15) is 43.4 Å². The average Bonchev–Trinajstić information content (AvgIpc) is 3.29. The lowest BCUT2D eigenvalue weighted by Crippen LogP contribution is -2.59. The van der Waals surface area contributed by atoms with Crippen LogP contribution < -0.4 is 0 Å². The van der Waals surface area contributed by atoms with Gasteiger partial charge in [0.15, 0.2) is 0 Å². The van der Waals surface area contributed by atoms with Gasteiger partial charge in [-0.25, -0.2) is 4.98 Å². The first-order valence-electron chi connectivity index (χ1n) is 11.2. The minimum absolute atomic E-state index is 0.0941. The Morgan fingerprint density at radius 1 is 1.06 bits per heavy atom. The van der Waals surface area contributed by atoms with Crippen LogP contribution in [0.3, 0.4) is 0 Å². The van der Waals surface area contributed by atoms with Crippen LogP contribution in [0.15, 0.2) is 66.0 Å². The summed E-state index contributed by atoms with van der Waals surface area (Å²) < 4.78 is 0. The van der Waals surface area contributed by atoms with Crippen LogP contribution in [0, 0.1) is 5.92 Å². The molecule has 2 aromatic carbocycles. The number of hydrogen-bond acceptors (Lipinski definition) is 4. The van der Waals surface area contributed by atoms with E-state index >= 15 is 0 Å². The molecule has 2 aliphatic rings. The van der Waals surface area contributed by atoms with Gasteiger partial charge in [-0.2, -0.15) is 0 Å². The van der Waals surface area contributed by atoms with Crippen molar-refractivity contribution >= 4 is 17.2 Å². The van der Waals surface area contributed by atoms with Crippen molar-refractivity contribution in [3.63, 3.8) is 0 Å². The minimum atomic E-state index is -0.843. The number of nitrogens with zero attached hydrogens (tertiary/aromatic N) is 2. The third-order valence-corrected chi connectivity index (χ3v) is 7.92. The van der Waals surface area contributed by atoms with Crippen molar-refractivity contribution in [1.29, 1.82) is 0 Å². The topological polar surface area (TPSA) is 53.4 Å². The van der Waals surface area contributed by atoms with Crippen molar-refractivity contribution in [2.24, 2.45) is 5.92 Å². The van der Waals surface area contributed by atoms with Crippen molar-refractivity contribution < 1.29 is 9.90 Å². The number of piperidine rings is 1. The number of likely N-dealkylation sites (tertiary alicyclic amines) is 1. The fourth-order valence-corrected chi connectivity index (χ4v) is 6.26. The third-order valence-electron chi connectivity index (χ3n) is 6.98. The number of hydrogen-bond donors (Lipinski definition) is 1. The van der Waals surface area contributed by atoms with Crippen LogP contribution in [0.5, 0.6) is 0 Å². The number of rotatable bonds is 4. The van der Waals surface area contributed by atoms with Gasteiger partial charge in [0.1, 0.15) is 5.01 Å². The Morgan fingerprint density at radius 3 is 2.55 bits per heavy atom. The fraction of sp³-hybridized carbons (Fsp3) is 0.385. The largest absolute Gasteiger partial charge is 0.385 e. The molecule has 1 aromatic heterocycles. The van der Waals surface area contributed by atoms with Gasteiger partial charge in [0.25, 0.3) is 0 Å². The molecule has 1 saturated carbocycles. The predicted molar refractivity (Wildman–Crippen MR) is 124 cm³/mol. The minimum Gasteiger partial charge on any atom is -0.385 e. The van der Waals surface area contributed by atoms with Crippen LogP contribution in [0.25, 0.3) is 10.6 Å². The highest BCUT2D eigenvalue weighted by atomic mass is 32.1. The molecule has 1 aliphatic heterocycles. The number of aliphatic hydroxyl groups is 1. The molecule has 0 radical (unpaired) electrons. The van der Waals surface area contributed by atoms with Crippen molar-refractivity contribution in [3.05, 3.63) is 77.3 Å². The van der Waals surface area contributed by atoms with Gasteiger partial charge in [-0.15, -0.1) is 11.3 Å². The third kappa shape index (κ3) is 3.92. The zero-order valence-corrected chi connectivity index (χ0v) is 18.4. The molecule has 5 rings (SSSR count). The molecule has 160 valence electrons. The van der Waals surface area contributed by atoms with Gasteiger partial charge in [-0.1, -0.05) is 73.5 Å². The van der Waals surface area contributed by atoms with E-state index in [9.17, 15) is 9.90 Å². The van der Waals surface area contributed by atoms with Gasteiger partial charge < -0.3 is 10.0 Å². The highest BCUT2D eigenvalue weighted by molar-refractivity contribution is 7.13. The van der Waals surface area contributed by atoms with E-state index in [0.717, 1.165) is 47.5 Å². The summed E-state index contributed by atoms with van der Waals surface area (Å²) in [6.45, 7) is 0.598. The van der Waals surface area contributed by atoms with Crippen LogP contribution in [-0.4, -0.2) is 33.5 Å². The Bertz CT molecular complexity index is 1040. The second-order valence-electron chi connectivity index (χ2n) is 8.77. The van der Waals surface area contributed by atoms with Gasteiger partial charge >= 0.3 is 0 Å². The summed E-state index contributed by atoms with van der Waals surface area (Å²) in [5.74, 6) is 0.230. The van der Waals surface area contributed by atoms with Crippen molar-refractivity contribution in [1.82, 2.24) is 9.88 Å². The molecule has 0 spiro atoms. The second kappa shape index (κ2) is 8.56.